The number of benzene rings is 1. The molecule has 1 aliphatic carbocycles. The van der Waals surface area contributed by atoms with Crippen LogP contribution >= 0.6 is 0 Å². The van der Waals surface area contributed by atoms with Crippen LogP contribution in [-0.2, 0) is 19.5 Å². The minimum absolute atomic E-state index is 0.103. The van der Waals surface area contributed by atoms with Crippen molar-refractivity contribution in [2.24, 2.45) is 0 Å². The van der Waals surface area contributed by atoms with Gasteiger partial charge in [0.25, 0.3) is 0 Å². The smallest absolute Gasteiger partial charge is 0.410 e. The van der Waals surface area contributed by atoms with Crippen LogP contribution in [0.25, 0.3) is 0 Å². The molecular formula is C22H32N2O5S. The molecule has 1 amide bonds. The second-order valence-corrected chi connectivity index (χ2v) is 9.98. The molecule has 1 saturated carbocycles. The first kappa shape index (κ1) is 22.8. The fraction of sp³-hybridized carbons (Fsp3) is 0.591. The van der Waals surface area contributed by atoms with Crippen LogP contribution < -0.4 is 4.72 Å². The van der Waals surface area contributed by atoms with Gasteiger partial charge in [0, 0.05) is 6.04 Å². The third kappa shape index (κ3) is 5.62. The van der Waals surface area contributed by atoms with Gasteiger partial charge in [-0.2, -0.15) is 0 Å². The Morgan fingerprint density at radius 3 is 2.47 bits per heavy atom. The quantitative estimate of drug-likeness (QED) is 0.664. The Kier molecular flexibility index (Phi) is 7.55. The average molecular weight is 437 g/mol. The van der Waals surface area contributed by atoms with Crippen LogP contribution in [0.4, 0.5) is 4.79 Å². The molecule has 3 atom stereocenters. The van der Waals surface area contributed by atoms with Gasteiger partial charge in [-0.3, -0.25) is 4.90 Å². The number of rotatable bonds is 7. The molecule has 1 unspecified atom stereocenters. The number of ether oxygens (including phenoxy) is 2. The van der Waals surface area contributed by atoms with Gasteiger partial charge < -0.3 is 9.47 Å². The highest BCUT2D eigenvalue weighted by molar-refractivity contribution is 7.88. The SMILES string of the molecule is C=CC1C[C@H](NS(C)(=O)=O)[C@H](CO[C@H]2CC[C@@H](c3ccccc3)CC2)N1C(=O)OC. The molecule has 1 aromatic carbocycles. The summed E-state index contributed by atoms with van der Waals surface area (Å²) in [6.45, 7) is 4.05. The van der Waals surface area contributed by atoms with Crippen molar-refractivity contribution in [1.82, 2.24) is 9.62 Å². The molecular weight excluding hydrogens is 404 g/mol. The summed E-state index contributed by atoms with van der Waals surface area (Å²) < 4.78 is 37.5. The Morgan fingerprint density at radius 2 is 1.90 bits per heavy atom. The molecule has 0 bridgehead atoms. The van der Waals surface area contributed by atoms with E-state index in [-0.39, 0.29) is 18.8 Å². The van der Waals surface area contributed by atoms with Crippen LogP contribution in [-0.4, -0.2) is 63.6 Å². The van der Waals surface area contributed by atoms with Gasteiger partial charge in [-0.05, 0) is 43.6 Å². The molecule has 8 heteroatoms. The van der Waals surface area contributed by atoms with Crippen molar-refractivity contribution in [2.75, 3.05) is 20.0 Å². The van der Waals surface area contributed by atoms with Crippen molar-refractivity contribution in [3.63, 3.8) is 0 Å². The Balaban J connectivity index is 1.63. The van der Waals surface area contributed by atoms with Crippen molar-refractivity contribution in [1.29, 1.82) is 0 Å². The lowest BCUT2D eigenvalue weighted by Crippen LogP contribution is -2.50. The normalized spacial score (nSPS) is 29.5. The van der Waals surface area contributed by atoms with Crippen LogP contribution in [0.15, 0.2) is 43.0 Å². The van der Waals surface area contributed by atoms with Gasteiger partial charge in [0.15, 0.2) is 0 Å². The van der Waals surface area contributed by atoms with Crippen molar-refractivity contribution in [3.05, 3.63) is 48.6 Å². The molecule has 2 fully saturated rings. The van der Waals surface area contributed by atoms with Gasteiger partial charge in [0.1, 0.15) is 0 Å². The Labute approximate surface area is 179 Å². The third-order valence-electron chi connectivity index (χ3n) is 6.15. The number of hydrogen-bond donors (Lipinski definition) is 1. The maximum Gasteiger partial charge on any atom is 0.410 e. The molecule has 1 aromatic rings. The topological polar surface area (TPSA) is 84.9 Å². The van der Waals surface area contributed by atoms with Crippen molar-refractivity contribution in [3.8, 4) is 0 Å². The Bertz CT molecular complexity index is 821. The number of carbonyl (C=O) groups is 1. The van der Waals surface area contributed by atoms with Crippen LogP contribution in [0.1, 0.15) is 43.6 Å². The molecule has 7 nitrogen and oxygen atoms in total. The van der Waals surface area contributed by atoms with E-state index in [1.54, 1.807) is 11.0 Å². The van der Waals surface area contributed by atoms with E-state index in [0.29, 0.717) is 12.3 Å². The van der Waals surface area contributed by atoms with E-state index in [1.807, 2.05) is 6.07 Å². The van der Waals surface area contributed by atoms with Crippen molar-refractivity contribution < 1.29 is 22.7 Å². The minimum Gasteiger partial charge on any atom is -0.453 e. The lowest BCUT2D eigenvalue weighted by molar-refractivity contribution is -0.00759. The summed E-state index contributed by atoms with van der Waals surface area (Å²) in [7, 11) is -2.11. The predicted octanol–water partition coefficient (Wildman–Crippen LogP) is 3.04. The largest absolute Gasteiger partial charge is 0.453 e. The predicted molar refractivity (Wildman–Crippen MR) is 116 cm³/mol. The van der Waals surface area contributed by atoms with E-state index >= 15 is 0 Å². The minimum atomic E-state index is -3.43. The van der Waals surface area contributed by atoms with Gasteiger partial charge in [-0.25, -0.2) is 17.9 Å². The third-order valence-corrected chi connectivity index (χ3v) is 6.88. The van der Waals surface area contributed by atoms with Gasteiger partial charge in [-0.15, -0.1) is 6.58 Å². The number of carbonyl (C=O) groups excluding carboxylic acids is 1. The van der Waals surface area contributed by atoms with Crippen LogP contribution in [0.3, 0.4) is 0 Å². The zero-order valence-electron chi connectivity index (χ0n) is 17.7. The van der Waals surface area contributed by atoms with E-state index in [0.717, 1.165) is 31.9 Å². The monoisotopic (exact) mass is 436 g/mol. The maximum absolute atomic E-state index is 12.4. The van der Waals surface area contributed by atoms with Gasteiger partial charge >= 0.3 is 6.09 Å². The van der Waals surface area contributed by atoms with E-state index in [1.165, 1.54) is 12.7 Å². The number of methoxy groups -OCH3 is 1. The highest BCUT2D eigenvalue weighted by Crippen LogP contribution is 2.35. The Hall–Kier alpha value is -1.90. The van der Waals surface area contributed by atoms with E-state index in [2.05, 4.69) is 35.6 Å². The fourth-order valence-electron chi connectivity index (χ4n) is 4.68. The number of hydrogen-bond acceptors (Lipinski definition) is 5. The molecule has 166 valence electrons. The standard InChI is InChI=1S/C22H32N2O5S/c1-4-18-14-20(23-30(3,26)27)21(24(18)22(25)28-2)15-29-19-12-10-17(11-13-19)16-8-6-5-7-9-16/h4-9,17-21,23H,1,10-15H2,2-3H3/t17-,18?,19+,20-,21-/m0/s1. The highest BCUT2D eigenvalue weighted by Gasteiger charge is 2.44. The summed E-state index contributed by atoms with van der Waals surface area (Å²) in [5.74, 6) is 0.550. The molecule has 30 heavy (non-hydrogen) atoms. The second kappa shape index (κ2) is 9.94. The molecule has 0 spiro atoms. The number of sulfonamides is 1. The van der Waals surface area contributed by atoms with Gasteiger partial charge in [-0.1, -0.05) is 36.4 Å². The number of nitrogens with zero attached hydrogens (tertiary/aromatic N) is 1. The second-order valence-electron chi connectivity index (χ2n) is 8.20. The first-order valence-corrected chi connectivity index (χ1v) is 12.3. The zero-order chi connectivity index (χ0) is 21.7. The first-order chi connectivity index (χ1) is 14.3. The van der Waals surface area contributed by atoms with E-state index in [9.17, 15) is 13.2 Å². The van der Waals surface area contributed by atoms with Crippen molar-refractivity contribution in [2.45, 2.75) is 62.3 Å². The first-order valence-electron chi connectivity index (χ1n) is 10.4. The number of nitrogens with one attached hydrogen (secondary N) is 1. The summed E-state index contributed by atoms with van der Waals surface area (Å²) in [5.41, 5.74) is 1.37. The van der Waals surface area contributed by atoms with Gasteiger partial charge in [0.2, 0.25) is 10.0 Å². The van der Waals surface area contributed by atoms with E-state index in [4.69, 9.17) is 9.47 Å². The number of amides is 1. The van der Waals surface area contributed by atoms with Gasteiger partial charge in [0.05, 0.1) is 38.2 Å². The molecule has 2 aliphatic rings. The summed E-state index contributed by atoms with van der Waals surface area (Å²) in [5, 5.41) is 0. The van der Waals surface area contributed by atoms with Crippen LogP contribution in [0, 0.1) is 0 Å². The summed E-state index contributed by atoms with van der Waals surface area (Å²) in [6.07, 6.45) is 6.82. The molecule has 0 aromatic heterocycles. The molecule has 1 N–H and O–H groups in total. The zero-order valence-corrected chi connectivity index (χ0v) is 18.5. The molecule has 1 saturated heterocycles. The average Bonchev–Trinajstić information content (AvgIpc) is 3.08. The lowest BCUT2D eigenvalue weighted by atomic mass is 9.83. The highest BCUT2D eigenvalue weighted by atomic mass is 32.2. The summed E-state index contributed by atoms with van der Waals surface area (Å²) >= 11 is 0. The van der Waals surface area contributed by atoms with Crippen LogP contribution in [0.5, 0.6) is 0 Å². The van der Waals surface area contributed by atoms with Crippen molar-refractivity contribution >= 4 is 16.1 Å². The number of likely N-dealkylation sites (tertiary alicyclic amines) is 1. The lowest BCUT2D eigenvalue weighted by Gasteiger charge is -2.33. The molecule has 1 aliphatic heterocycles. The van der Waals surface area contributed by atoms with E-state index < -0.39 is 28.2 Å². The molecule has 3 rings (SSSR count). The van der Waals surface area contributed by atoms with Crippen LogP contribution in [0.2, 0.25) is 0 Å². The summed E-state index contributed by atoms with van der Waals surface area (Å²) in [6, 6.07) is 9.34. The molecule has 1 heterocycles. The summed E-state index contributed by atoms with van der Waals surface area (Å²) in [4.78, 5) is 13.9. The molecule has 0 radical (unpaired) electrons. The maximum atomic E-state index is 12.4. The Morgan fingerprint density at radius 1 is 1.23 bits per heavy atom. The fourth-order valence-corrected chi connectivity index (χ4v) is 5.48.